The fourth-order valence-corrected chi connectivity index (χ4v) is 5.65. The minimum Gasteiger partial charge on any atom is -0.391 e. The van der Waals surface area contributed by atoms with Gasteiger partial charge in [-0.3, -0.25) is 4.79 Å². The molecule has 0 unspecified atom stereocenters. The summed E-state index contributed by atoms with van der Waals surface area (Å²) in [6, 6.07) is 17.4. The summed E-state index contributed by atoms with van der Waals surface area (Å²) in [6.07, 6.45) is 3.36. The maximum absolute atomic E-state index is 14.5. The second-order valence-electron chi connectivity index (χ2n) is 11.7. The van der Waals surface area contributed by atoms with Crippen LogP contribution < -0.4 is 16.0 Å². The van der Waals surface area contributed by atoms with Crippen LogP contribution in [0.1, 0.15) is 43.7 Å². The van der Waals surface area contributed by atoms with E-state index in [9.17, 15) is 19.4 Å². The minimum absolute atomic E-state index is 0.0838. The second-order valence-corrected chi connectivity index (χ2v) is 11.7. The number of halogens is 1. The maximum Gasteiger partial charge on any atom is 0.223 e. The number of benzene rings is 2. The average molecular weight is 563 g/mol. The van der Waals surface area contributed by atoms with E-state index in [0.717, 1.165) is 35.3 Å². The highest BCUT2D eigenvalue weighted by Gasteiger charge is 2.34. The molecule has 3 aromatic rings. The van der Waals surface area contributed by atoms with Gasteiger partial charge < -0.3 is 26.2 Å². The average Bonchev–Trinajstić information content (AvgIpc) is 2.96. The Hall–Kier alpha value is -3.33. The summed E-state index contributed by atoms with van der Waals surface area (Å²) in [5.41, 5.74) is 9.84. The first-order chi connectivity index (χ1) is 19.6. The molecule has 2 aromatic carbocycles. The lowest BCUT2D eigenvalue weighted by Crippen LogP contribution is -2.52. The van der Waals surface area contributed by atoms with E-state index in [1.807, 2.05) is 68.5 Å². The van der Waals surface area contributed by atoms with Crippen molar-refractivity contribution in [2.45, 2.75) is 69.7 Å². The fourth-order valence-electron chi connectivity index (χ4n) is 5.65. The molecule has 1 aromatic heterocycles. The topological polar surface area (TPSA) is 112 Å². The molecule has 1 saturated carbocycles. The number of pyridine rings is 1. The van der Waals surface area contributed by atoms with Crippen LogP contribution >= 0.6 is 0 Å². The Balaban J connectivity index is 1.42. The van der Waals surface area contributed by atoms with Crippen LogP contribution in [0.15, 0.2) is 66.9 Å². The Morgan fingerprint density at radius 1 is 1.07 bits per heavy atom. The van der Waals surface area contributed by atoms with Crippen molar-refractivity contribution in [3.8, 4) is 11.1 Å². The van der Waals surface area contributed by atoms with Gasteiger partial charge in [0.05, 0.1) is 18.2 Å². The Kier molecular flexibility index (Phi) is 10.5. The van der Waals surface area contributed by atoms with Gasteiger partial charge in [0, 0.05) is 37.8 Å². The fraction of sp³-hybridized carbons (Fsp3) is 0.455. The second kappa shape index (κ2) is 14.0. The third-order valence-electron chi connectivity index (χ3n) is 8.28. The highest BCUT2D eigenvalue weighted by Crippen LogP contribution is 2.27. The van der Waals surface area contributed by atoms with E-state index in [1.165, 1.54) is 6.07 Å². The smallest absolute Gasteiger partial charge is 0.223 e. The van der Waals surface area contributed by atoms with E-state index in [4.69, 9.17) is 5.73 Å². The zero-order chi connectivity index (χ0) is 29.5. The van der Waals surface area contributed by atoms with Gasteiger partial charge in [0.25, 0.3) is 0 Å². The Morgan fingerprint density at radius 3 is 2.41 bits per heavy atom. The molecule has 1 aliphatic rings. The molecule has 5 N–H and O–H groups in total. The molecular formula is C33H43FN4O3. The van der Waals surface area contributed by atoms with Gasteiger partial charge in [0.1, 0.15) is 11.6 Å². The van der Waals surface area contributed by atoms with Crippen LogP contribution in [0.2, 0.25) is 0 Å². The van der Waals surface area contributed by atoms with Gasteiger partial charge >= 0.3 is 0 Å². The number of hydrogen-bond donors (Lipinski definition) is 4. The molecule has 0 aliphatic heterocycles. The van der Waals surface area contributed by atoms with Crippen molar-refractivity contribution >= 4 is 11.7 Å². The quantitative estimate of drug-likeness (QED) is 0.280. The zero-order valence-corrected chi connectivity index (χ0v) is 24.2. The van der Waals surface area contributed by atoms with Crippen LogP contribution in [-0.4, -0.2) is 59.5 Å². The van der Waals surface area contributed by atoms with Crippen LogP contribution in [0.25, 0.3) is 11.1 Å². The summed E-state index contributed by atoms with van der Waals surface area (Å²) >= 11 is 0. The predicted molar refractivity (Wildman–Crippen MR) is 161 cm³/mol. The molecule has 0 saturated heterocycles. The van der Waals surface area contributed by atoms with Gasteiger partial charge in [-0.1, -0.05) is 55.8 Å². The number of nitrogens with two attached hydrogens (primary N) is 1. The highest BCUT2D eigenvalue weighted by atomic mass is 19.1. The van der Waals surface area contributed by atoms with Crippen molar-refractivity contribution in [3.05, 3.63) is 83.8 Å². The van der Waals surface area contributed by atoms with Gasteiger partial charge in [-0.05, 0) is 72.9 Å². The summed E-state index contributed by atoms with van der Waals surface area (Å²) < 4.78 is 14.5. The Labute approximate surface area is 242 Å². The molecule has 8 heteroatoms. The molecule has 6 atom stereocenters. The van der Waals surface area contributed by atoms with Crippen molar-refractivity contribution in [3.63, 3.8) is 0 Å². The minimum atomic E-state index is -0.978. The predicted octanol–water partition coefficient (Wildman–Crippen LogP) is 4.10. The third kappa shape index (κ3) is 8.12. The number of anilines is 1. The third-order valence-corrected chi connectivity index (χ3v) is 8.28. The van der Waals surface area contributed by atoms with Gasteiger partial charge in [0.2, 0.25) is 5.91 Å². The van der Waals surface area contributed by atoms with E-state index in [-0.39, 0.29) is 36.5 Å². The normalized spacial score (nSPS) is 21.1. The summed E-state index contributed by atoms with van der Waals surface area (Å²) in [5, 5.41) is 24.6. The van der Waals surface area contributed by atoms with Crippen molar-refractivity contribution in [2.75, 3.05) is 19.0 Å². The van der Waals surface area contributed by atoms with Crippen LogP contribution in [0, 0.1) is 17.7 Å². The molecule has 0 spiro atoms. The number of carbonyl (C=O) groups is 1. The molecule has 41 heavy (non-hydrogen) atoms. The first-order valence-electron chi connectivity index (χ1n) is 14.5. The number of hydrogen-bond acceptors (Lipinski definition) is 6. The van der Waals surface area contributed by atoms with Gasteiger partial charge in [-0.2, -0.15) is 0 Å². The molecule has 1 fully saturated rings. The summed E-state index contributed by atoms with van der Waals surface area (Å²) in [4.78, 5) is 19.9. The monoisotopic (exact) mass is 562 g/mol. The molecule has 4 rings (SSSR count). The van der Waals surface area contributed by atoms with E-state index >= 15 is 0 Å². The standard InChI is InChI=1S/C33H43FN4O3/c1-21-7-6-10-29(39)32(21)37-33(41)26(18-24-8-4-5-9-27(24)34)19-30(40)28(35)17-22-11-13-23(14-12-22)25-15-16-31(36-20-25)38(2)3/h4-5,8-9,11-16,20-21,26,28-30,32,39-40H,6-7,10,17-19,35H2,1-3H3,(H,37,41)/t21-,26-,28+,29-,30+,32+/m1/s1. The number of aliphatic hydroxyl groups is 2. The molecule has 7 nitrogen and oxygen atoms in total. The summed E-state index contributed by atoms with van der Waals surface area (Å²) in [7, 11) is 3.90. The van der Waals surface area contributed by atoms with Crippen molar-refractivity contribution in [1.29, 1.82) is 0 Å². The Bertz CT molecular complexity index is 1260. The van der Waals surface area contributed by atoms with Gasteiger partial charge in [-0.25, -0.2) is 9.37 Å². The van der Waals surface area contributed by atoms with E-state index in [1.54, 1.807) is 18.2 Å². The van der Waals surface area contributed by atoms with E-state index in [2.05, 4.69) is 10.3 Å². The zero-order valence-electron chi connectivity index (χ0n) is 24.2. The maximum atomic E-state index is 14.5. The molecule has 220 valence electrons. The number of nitrogens with one attached hydrogen (secondary N) is 1. The van der Waals surface area contributed by atoms with Crippen LogP contribution in [0.3, 0.4) is 0 Å². The van der Waals surface area contributed by atoms with Crippen molar-refractivity contribution in [1.82, 2.24) is 10.3 Å². The SMILES string of the molecule is C[C@@H]1CCC[C@@H](O)[C@H]1NC(=O)[C@H](Cc1ccccc1F)C[C@H](O)[C@@H](N)Cc1ccc(-c2ccc(N(C)C)nc2)cc1. The number of rotatable bonds is 11. The van der Waals surface area contributed by atoms with E-state index < -0.39 is 24.2 Å². The molecule has 0 radical (unpaired) electrons. The first kappa shape index (κ1) is 30.6. The van der Waals surface area contributed by atoms with Crippen LogP contribution in [0.5, 0.6) is 0 Å². The first-order valence-corrected chi connectivity index (χ1v) is 14.5. The summed E-state index contributed by atoms with van der Waals surface area (Å²) in [6.45, 7) is 2.02. The highest BCUT2D eigenvalue weighted by molar-refractivity contribution is 5.79. The van der Waals surface area contributed by atoms with E-state index in [0.29, 0.717) is 18.4 Å². The number of amides is 1. The van der Waals surface area contributed by atoms with Gasteiger partial charge in [-0.15, -0.1) is 0 Å². The number of aromatic nitrogens is 1. The number of nitrogens with zero attached hydrogens (tertiary/aromatic N) is 2. The lowest BCUT2D eigenvalue weighted by Gasteiger charge is -2.35. The largest absolute Gasteiger partial charge is 0.391 e. The lowest BCUT2D eigenvalue weighted by atomic mass is 9.82. The van der Waals surface area contributed by atoms with Crippen LogP contribution in [-0.2, 0) is 17.6 Å². The molecular weight excluding hydrogens is 519 g/mol. The molecule has 1 amide bonds. The number of aliphatic hydroxyl groups excluding tert-OH is 2. The van der Waals surface area contributed by atoms with Crippen molar-refractivity contribution in [2.24, 2.45) is 17.6 Å². The number of carbonyl (C=O) groups excluding carboxylic acids is 1. The Morgan fingerprint density at radius 2 is 1.78 bits per heavy atom. The van der Waals surface area contributed by atoms with Crippen molar-refractivity contribution < 1.29 is 19.4 Å². The summed E-state index contributed by atoms with van der Waals surface area (Å²) in [5.74, 6) is -0.364. The lowest BCUT2D eigenvalue weighted by molar-refractivity contribution is -0.128. The molecule has 1 aliphatic carbocycles. The molecule has 0 bridgehead atoms. The van der Waals surface area contributed by atoms with Crippen LogP contribution in [0.4, 0.5) is 10.2 Å². The van der Waals surface area contributed by atoms with Gasteiger partial charge in [0.15, 0.2) is 0 Å². The molecule has 1 heterocycles.